The molecule has 0 aliphatic heterocycles. The molecule has 0 atom stereocenters. The molecule has 4 nitrogen and oxygen atoms in total. The Hall–Kier alpha value is -1.55. The van der Waals surface area contributed by atoms with Crippen molar-refractivity contribution in [2.24, 2.45) is 0 Å². The molecule has 1 amide bonds. The van der Waals surface area contributed by atoms with Crippen LogP contribution >= 0.6 is 0 Å². The number of unbranched alkanes of at least 4 members (excludes halogenated alkanes) is 11. The van der Waals surface area contributed by atoms with Crippen LogP contribution in [0.1, 0.15) is 89.5 Å². The molecule has 0 unspecified atom stereocenters. The van der Waals surface area contributed by atoms with Gasteiger partial charge in [-0.15, -0.1) is 0 Å². The molecule has 0 aromatic heterocycles. The quantitative estimate of drug-likeness (QED) is 0.329. The van der Waals surface area contributed by atoms with E-state index >= 15 is 0 Å². The summed E-state index contributed by atoms with van der Waals surface area (Å²) in [6.45, 7) is 3.30. The molecule has 2 N–H and O–H groups in total. The van der Waals surface area contributed by atoms with Crippen molar-refractivity contribution < 1.29 is 14.6 Å². The molecule has 28 heavy (non-hydrogen) atoms. The molecule has 160 valence electrons. The zero-order valence-corrected chi connectivity index (χ0v) is 17.9. The van der Waals surface area contributed by atoms with E-state index in [1.807, 2.05) is 24.3 Å². The summed E-state index contributed by atoms with van der Waals surface area (Å²) in [4.78, 5) is 11.6. The Labute approximate surface area is 172 Å². The molecule has 0 fully saturated rings. The highest BCUT2D eigenvalue weighted by Gasteiger charge is 2.03. The van der Waals surface area contributed by atoms with Gasteiger partial charge in [-0.3, -0.25) is 4.79 Å². The first-order valence-electron chi connectivity index (χ1n) is 11.4. The van der Waals surface area contributed by atoms with Crippen molar-refractivity contribution in [3.63, 3.8) is 0 Å². The molecule has 1 rings (SSSR count). The number of hydrogen-bond acceptors (Lipinski definition) is 3. The lowest BCUT2D eigenvalue weighted by Gasteiger charge is -2.08. The second-order valence-electron chi connectivity index (χ2n) is 7.63. The average molecular weight is 392 g/mol. The van der Waals surface area contributed by atoms with Gasteiger partial charge in [-0.2, -0.15) is 0 Å². The summed E-state index contributed by atoms with van der Waals surface area (Å²) < 4.78 is 5.79. The second-order valence-corrected chi connectivity index (χ2v) is 7.63. The van der Waals surface area contributed by atoms with E-state index in [0.29, 0.717) is 13.0 Å². The summed E-state index contributed by atoms with van der Waals surface area (Å²) in [5.41, 5.74) is 0.952. The lowest BCUT2D eigenvalue weighted by atomic mass is 10.1. The molecule has 1 aromatic rings. The van der Waals surface area contributed by atoms with Crippen LogP contribution in [0, 0.1) is 0 Å². The Balaban J connectivity index is 1.95. The van der Waals surface area contributed by atoms with Gasteiger partial charge >= 0.3 is 0 Å². The van der Waals surface area contributed by atoms with Crippen LogP contribution in [-0.4, -0.2) is 30.8 Å². The standard InChI is InChI=1S/C24H41NO3/c1-2-3-4-5-6-7-8-9-10-11-12-13-20-28-23-16-14-22(15-17-23)21-24(27)25-18-19-26/h14-17,26H,2-13,18-21H2,1H3,(H,25,27). The highest BCUT2D eigenvalue weighted by atomic mass is 16.5. The van der Waals surface area contributed by atoms with E-state index in [4.69, 9.17) is 9.84 Å². The van der Waals surface area contributed by atoms with Gasteiger partial charge in [0.05, 0.1) is 19.6 Å². The van der Waals surface area contributed by atoms with Gasteiger partial charge in [0.2, 0.25) is 5.91 Å². The van der Waals surface area contributed by atoms with Crippen LogP contribution in [0.3, 0.4) is 0 Å². The van der Waals surface area contributed by atoms with Gasteiger partial charge in [-0.25, -0.2) is 0 Å². The Morgan fingerprint density at radius 3 is 1.93 bits per heavy atom. The van der Waals surface area contributed by atoms with Crippen LogP contribution < -0.4 is 10.1 Å². The van der Waals surface area contributed by atoms with Crippen molar-refractivity contribution >= 4 is 5.91 Å². The number of rotatable bonds is 18. The number of nitrogens with one attached hydrogen (secondary N) is 1. The van der Waals surface area contributed by atoms with E-state index in [1.165, 1.54) is 70.6 Å². The average Bonchev–Trinajstić information content (AvgIpc) is 2.71. The molecule has 0 spiro atoms. The Kier molecular flexibility index (Phi) is 15.3. The monoisotopic (exact) mass is 391 g/mol. The molecule has 0 heterocycles. The maximum Gasteiger partial charge on any atom is 0.224 e. The summed E-state index contributed by atoms with van der Waals surface area (Å²) in [6.07, 6.45) is 16.5. The van der Waals surface area contributed by atoms with Crippen LogP contribution in [-0.2, 0) is 11.2 Å². The van der Waals surface area contributed by atoms with Crippen molar-refractivity contribution in [1.29, 1.82) is 0 Å². The largest absolute Gasteiger partial charge is 0.494 e. The van der Waals surface area contributed by atoms with Crippen molar-refractivity contribution in [1.82, 2.24) is 5.32 Å². The van der Waals surface area contributed by atoms with E-state index < -0.39 is 0 Å². The number of carbonyl (C=O) groups is 1. The van der Waals surface area contributed by atoms with E-state index in [2.05, 4.69) is 12.2 Å². The van der Waals surface area contributed by atoms with E-state index in [0.717, 1.165) is 24.3 Å². The number of aliphatic hydroxyl groups excluding tert-OH is 1. The minimum absolute atomic E-state index is 0.0301. The summed E-state index contributed by atoms with van der Waals surface area (Å²) >= 11 is 0. The zero-order chi connectivity index (χ0) is 20.3. The Morgan fingerprint density at radius 2 is 1.39 bits per heavy atom. The summed E-state index contributed by atoms with van der Waals surface area (Å²) in [5.74, 6) is 0.793. The minimum Gasteiger partial charge on any atom is -0.494 e. The summed E-state index contributed by atoms with van der Waals surface area (Å²) in [6, 6.07) is 7.70. The smallest absolute Gasteiger partial charge is 0.224 e. The lowest BCUT2D eigenvalue weighted by Crippen LogP contribution is -2.27. The Bertz CT molecular complexity index is 487. The molecule has 0 radical (unpaired) electrons. The SMILES string of the molecule is CCCCCCCCCCCCCCOc1ccc(CC(=O)NCCO)cc1. The molecule has 0 saturated heterocycles. The maximum atomic E-state index is 11.6. The van der Waals surface area contributed by atoms with Gasteiger partial charge in [-0.05, 0) is 24.1 Å². The van der Waals surface area contributed by atoms with E-state index in [-0.39, 0.29) is 12.5 Å². The summed E-state index contributed by atoms with van der Waals surface area (Å²) in [7, 11) is 0. The fraction of sp³-hybridized carbons (Fsp3) is 0.708. The molecule has 0 aliphatic rings. The van der Waals surface area contributed by atoms with Crippen molar-refractivity contribution in [2.75, 3.05) is 19.8 Å². The van der Waals surface area contributed by atoms with Crippen LogP contribution in [0.4, 0.5) is 0 Å². The van der Waals surface area contributed by atoms with Crippen molar-refractivity contribution in [3.05, 3.63) is 29.8 Å². The number of benzene rings is 1. The van der Waals surface area contributed by atoms with Gasteiger partial charge in [0.15, 0.2) is 0 Å². The number of aliphatic hydroxyl groups is 1. The third kappa shape index (κ3) is 13.6. The molecular weight excluding hydrogens is 350 g/mol. The van der Waals surface area contributed by atoms with Crippen molar-refractivity contribution in [2.45, 2.75) is 90.4 Å². The van der Waals surface area contributed by atoms with E-state index in [9.17, 15) is 4.79 Å². The number of carbonyl (C=O) groups excluding carboxylic acids is 1. The lowest BCUT2D eigenvalue weighted by molar-refractivity contribution is -0.120. The zero-order valence-electron chi connectivity index (χ0n) is 17.9. The predicted octanol–water partition coefficient (Wildman–Crippen LogP) is 5.42. The first-order valence-corrected chi connectivity index (χ1v) is 11.4. The fourth-order valence-electron chi connectivity index (χ4n) is 3.28. The predicted molar refractivity (Wildman–Crippen MR) is 117 cm³/mol. The normalized spacial score (nSPS) is 10.8. The minimum atomic E-state index is -0.0702. The molecule has 0 bridgehead atoms. The number of ether oxygens (including phenoxy) is 1. The van der Waals surface area contributed by atoms with Gasteiger partial charge < -0.3 is 15.2 Å². The fourth-order valence-corrected chi connectivity index (χ4v) is 3.28. The molecule has 0 aliphatic carbocycles. The molecular formula is C24H41NO3. The first kappa shape index (κ1) is 24.5. The highest BCUT2D eigenvalue weighted by molar-refractivity contribution is 5.78. The van der Waals surface area contributed by atoms with Gasteiger partial charge in [0.25, 0.3) is 0 Å². The van der Waals surface area contributed by atoms with Gasteiger partial charge in [0.1, 0.15) is 5.75 Å². The molecule has 1 aromatic carbocycles. The topological polar surface area (TPSA) is 58.6 Å². The van der Waals surface area contributed by atoms with Crippen molar-refractivity contribution in [3.8, 4) is 5.75 Å². The molecule has 4 heteroatoms. The van der Waals surface area contributed by atoms with Gasteiger partial charge in [-0.1, -0.05) is 89.7 Å². The maximum absolute atomic E-state index is 11.6. The number of hydrogen-bond donors (Lipinski definition) is 2. The third-order valence-electron chi connectivity index (χ3n) is 4.99. The first-order chi connectivity index (χ1) is 13.8. The van der Waals surface area contributed by atoms with Crippen LogP contribution in [0.5, 0.6) is 5.75 Å². The Morgan fingerprint density at radius 1 is 0.857 bits per heavy atom. The van der Waals surface area contributed by atoms with Crippen LogP contribution in [0.25, 0.3) is 0 Å². The van der Waals surface area contributed by atoms with Crippen LogP contribution in [0.2, 0.25) is 0 Å². The highest BCUT2D eigenvalue weighted by Crippen LogP contribution is 2.15. The molecule has 0 saturated carbocycles. The number of amides is 1. The second kappa shape index (κ2) is 17.5. The third-order valence-corrected chi connectivity index (χ3v) is 4.99. The van der Waals surface area contributed by atoms with Crippen LogP contribution in [0.15, 0.2) is 24.3 Å². The van der Waals surface area contributed by atoms with E-state index in [1.54, 1.807) is 0 Å². The van der Waals surface area contributed by atoms with Gasteiger partial charge in [0, 0.05) is 6.54 Å². The summed E-state index contributed by atoms with van der Waals surface area (Å²) in [5, 5.41) is 11.4.